The molecule has 0 spiro atoms. The van der Waals surface area contributed by atoms with E-state index in [2.05, 4.69) is 27.2 Å². The Balaban J connectivity index is 1.27. The first kappa shape index (κ1) is 16.7. The van der Waals surface area contributed by atoms with E-state index in [0.717, 1.165) is 38.1 Å². The fourth-order valence-corrected chi connectivity index (χ4v) is 4.41. The fraction of sp³-hybridized carbons (Fsp3) is 0.650. The van der Waals surface area contributed by atoms with E-state index in [1.54, 1.807) is 0 Å². The second-order valence-electron chi connectivity index (χ2n) is 7.67. The fourth-order valence-electron chi connectivity index (χ4n) is 4.41. The van der Waals surface area contributed by atoms with Crippen molar-refractivity contribution >= 4 is 6.03 Å². The van der Waals surface area contributed by atoms with Crippen LogP contribution in [-0.4, -0.2) is 61.2 Å². The molecule has 25 heavy (non-hydrogen) atoms. The third kappa shape index (κ3) is 3.92. The van der Waals surface area contributed by atoms with Crippen LogP contribution in [0.15, 0.2) is 24.3 Å². The molecule has 2 amide bonds. The number of hydrogen-bond acceptors (Lipinski definition) is 3. The normalized spacial score (nSPS) is 26.3. The molecule has 0 unspecified atom stereocenters. The molecule has 2 atom stereocenters. The minimum absolute atomic E-state index is 0.112. The average molecular weight is 343 g/mol. The number of para-hydroxylation sites is 1. The molecular weight excluding hydrogens is 314 g/mol. The van der Waals surface area contributed by atoms with Crippen LogP contribution < -0.4 is 10.1 Å². The Hall–Kier alpha value is -1.75. The van der Waals surface area contributed by atoms with Crippen LogP contribution >= 0.6 is 0 Å². The van der Waals surface area contributed by atoms with Gasteiger partial charge in [-0.2, -0.15) is 0 Å². The topological polar surface area (TPSA) is 44.8 Å². The lowest BCUT2D eigenvalue weighted by atomic mass is 9.97. The van der Waals surface area contributed by atoms with Crippen molar-refractivity contribution in [1.82, 2.24) is 15.1 Å². The minimum atomic E-state index is 0.112. The van der Waals surface area contributed by atoms with Gasteiger partial charge in [-0.05, 0) is 56.8 Å². The number of rotatable bonds is 4. The second kappa shape index (κ2) is 7.65. The number of carbonyl (C=O) groups excluding carboxylic acids is 1. The summed E-state index contributed by atoms with van der Waals surface area (Å²) in [7, 11) is 0. The Kier molecular flexibility index (Phi) is 5.11. The van der Waals surface area contributed by atoms with Crippen molar-refractivity contribution in [3.8, 4) is 5.75 Å². The van der Waals surface area contributed by atoms with Gasteiger partial charge in [-0.15, -0.1) is 0 Å². The molecule has 5 heteroatoms. The Bertz CT molecular complexity index is 600. The minimum Gasteiger partial charge on any atom is -0.493 e. The van der Waals surface area contributed by atoms with E-state index in [-0.39, 0.29) is 6.03 Å². The zero-order valence-corrected chi connectivity index (χ0v) is 15.0. The third-order valence-corrected chi connectivity index (χ3v) is 5.80. The summed E-state index contributed by atoms with van der Waals surface area (Å²) in [6.45, 7) is 5.73. The average Bonchev–Trinajstić information content (AvgIpc) is 3.32. The largest absolute Gasteiger partial charge is 0.493 e. The smallest absolute Gasteiger partial charge is 0.317 e. The van der Waals surface area contributed by atoms with E-state index in [4.69, 9.17) is 4.74 Å². The van der Waals surface area contributed by atoms with Crippen LogP contribution in [0.25, 0.3) is 0 Å². The molecular formula is C20H29N3O2. The van der Waals surface area contributed by atoms with Gasteiger partial charge in [0, 0.05) is 31.6 Å². The lowest BCUT2D eigenvalue weighted by Gasteiger charge is -2.30. The van der Waals surface area contributed by atoms with Crippen molar-refractivity contribution in [3.63, 3.8) is 0 Å². The second-order valence-corrected chi connectivity index (χ2v) is 7.67. The van der Waals surface area contributed by atoms with E-state index >= 15 is 0 Å². The highest BCUT2D eigenvalue weighted by Gasteiger charge is 2.31. The molecule has 0 bridgehead atoms. The van der Waals surface area contributed by atoms with E-state index in [1.165, 1.54) is 31.5 Å². The van der Waals surface area contributed by atoms with Gasteiger partial charge in [0.1, 0.15) is 5.75 Å². The molecule has 2 fully saturated rings. The number of hydrogen-bond donors (Lipinski definition) is 1. The van der Waals surface area contributed by atoms with Crippen molar-refractivity contribution in [2.75, 3.05) is 39.3 Å². The molecule has 0 aliphatic carbocycles. The maximum Gasteiger partial charge on any atom is 0.317 e. The number of ether oxygens (including phenoxy) is 1. The van der Waals surface area contributed by atoms with Gasteiger partial charge in [-0.25, -0.2) is 4.79 Å². The summed E-state index contributed by atoms with van der Waals surface area (Å²) in [6, 6.07) is 8.71. The number of benzene rings is 1. The van der Waals surface area contributed by atoms with Gasteiger partial charge in [0.2, 0.25) is 0 Å². The van der Waals surface area contributed by atoms with Gasteiger partial charge < -0.3 is 19.9 Å². The standard InChI is InChI=1S/C20H29N3O2/c24-20(23-11-5-7-18(23)14-22-9-3-4-10-22)21-13-16-12-17-6-1-2-8-19(17)25-15-16/h1-2,6,8,16,18H,3-5,7,9-15H2,(H,21,24)/t16-,18+/m0/s1. The molecule has 1 aromatic carbocycles. The molecule has 3 aliphatic rings. The molecule has 2 saturated heterocycles. The van der Waals surface area contributed by atoms with Crippen molar-refractivity contribution in [2.45, 2.75) is 38.1 Å². The van der Waals surface area contributed by atoms with E-state index in [9.17, 15) is 4.79 Å². The maximum absolute atomic E-state index is 12.7. The number of nitrogens with one attached hydrogen (secondary N) is 1. The third-order valence-electron chi connectivity index (χ3n) is 5.80. The molecule has 0 saturated carbocycles. The molecule has 0 aromatic heterocycles. The quantitative estimate of drug-likeness (QED) is 0.914. The summed E-state index contributed by atoms with van der Waals surface area (Å²) < 4.78 is 5.83. The number of fused-ring (bicyclic) bond motifs is 1. The first-order valence-electron chi connectivity index (χ1n) is 9.77. The monoisotopic (exact) mass is 343 g/mol. The summed E-state index contributed by atoms with van der Waals surface area (Å²) in [5, 5.41) is 3.17. The van der Waals surface area contributed by atoms with Crippen molar-refractivity contribution in [2.24, 2.45) is 5.92 Å². The number of urea groups is 1. The first-order chi connectivity index (χ1) is 12.3. The van der Waals surface area contributed by atoms with Gasteiger partial charge >= 0.3 is 6.03 Å². The highest BCUT2D eigenvalue weighted by Crippen LogP contribution is 2.26. The predicted molar refractivity (Wildman–Crippen MR) is 97.9 cm³/mol. The van der Waals surface area contributed by atoms with E-state index in [0.29, 0.717) is 25.1 Å². The summed E-state index contributed by atoms with van der Waals surface area (Å²) in [5.41, 5.74) is 1.25. The van der Waals surface area contributed by atoms with E-state index < -0.39 is 0 Å². The lowest BCUT2D eigenvalue weighted by molar-refractivity contribution is 0.168. The molecule has 3 aliphatic heterocycles. The Morgan fingerprint density at radius 2 is 2.00 bits per heavy atom. The highest BCUT2D eigenvalue weighted by molar-refractivity contribution is 5.74. The van der Waals surface area contributed by atoms with Crippen LogP contribution in [0.3, 0.4) is 0 Å². The van der Waals surface area contributed by atoms with Gasteiger partial charge in [-0.1, -0.05) is 18.2 Å². The van der Waals surface area contributed by atoms with Crippen molar-refractivity contribution in [1.29, 1.82) is 0 Å². The maximum atomic E-state index is 12.7. The van der Waals surface area contributed by atoms with Gasteiger partial charge in [0.05, 0.1) is 6.61 Å². The van der Waals surface area contributed by atoms with E-state index in [1.807, 2.05) is 12.1 Å². The molecule has 0 radical (unpaired) electrons. The molecule has 1 N–H and O–H groups in total. The summed E-state index contributed by atoms with van der Waals surface area (Å²) in [4.78, 5) is 17.3. The van der Waals surface area contributed by atoms with Gasteiger partial charge in [0.15, 0.2) is 0 Å². The number of carbonyl (C=O) groups is 1. The van der Waals surface area contributed by atoms with Crippen molar-refractivity contribution in [3.05, 3.63) is 29.8 Å². The van der Waals surface area contributed by atoms with Crippen LogP contribution in [0.2, 0.25) is 0 Å². The lowest BCUT2D eigenvalue weighted by Crippen LogP contribution is -2.48. The Morgan fingerprint density at radius 3 is 2.88 bits per heavy atom. The summed E-state index contributed by atoms with van der Waals surface area (Å²) >= 11 is 0. The Labute approximate surface area is 150 Å². The van der Waals surface area contributed by atoms with Gasteiger partial charge in [-0.3, -0.25) is 0 Å². The number of nitrogens with zero attached hydrogens (tertiary/aromatic N) is 2. The predicted octanol–water partition coefficient (Wildman–Crippen LogP) is 2.51. The van der Waals surface area contributed by atoms with Crippen LogP contribution in [0.5, 0.6) is 5.75 Å². The van der Waals surface area contributed by atoms with Crippen LogP contribution in [0.1, 0.15) is 31.2 Å². The van der Waals surface area contributed by atoms with Gasteiger partial charge in [0.25, 0.3) is 0 Å². The van der Waals surface area contributed by atoms with Crippen LogP contribution in [-0.2, 0) is 6.42 Å². The van der Waals surface area contributed by atoms with Crippen LogP contribution in [0.4, 0.5) is 4.79 Å². The molecule has 3 heterocycles. The van der Waals surface area contributed by atoms with Crippen LogP contribution in [0, 0.1) is 5.92 Å². The first-order valence-corrected chi connectivity index (χ1v) is 9.77. The number of likely N-dealkylation sites (tertiary alicyclic amines) is 2. The Morgan fingerprint density at radius 1 is 1.16 bits per heavy atom. The summed E-state index contributed by atoms with van der Waals surface area (Å²) in [5.74, 6) is 1.36. The summed E-state index contributed by atoms with van der Waals surface area (Å²) in [6.07, 6.45) is 5.87. The molecule has 136 valence electrons. The molecule has 5 nitrogen and oxygen atoms in total. The number of amides is 2. The van der Waals surface area contributed by atoms with Crippen molar-refractivity contribution < 1.29 is 9.53 Å². The zero-order chi connectivity index (χ0) is 17.1. The SMILES string of the molecule is O=C(NC[C@H]1COc2ccccc2C1)N1CCC[C@@H]1CN1CCCC1. The molecule has 4 rings (SSSR count). The molecule has 1 aromatic rings. The highest BCUT2D eigenvalue weighted by atomic mass is 16.5. The zero-order valence-electron chi connectivity index (χ0n) is 15.0.